The van der Waals surface area contributed by atoms with E-state index in [0.717, 1.165) is 30.8 Å². The van der Waals surface area contributed by atoms with Gasteiger partial charge >= 0.3 is 0 Å². The van der Waals surface area contributed by atoms with Crippen LogP contribution in [-0.4, -0.2) is 30.4 Å². The Kier molecular flexibility index (Phi) is 13.9. The summed E-state index contributed by atoms with van der Waals surface area (Å²) in [7, 11) is 0. The van der Waals surface area contributed by atoms with E-state index in [1.54, 1.807) is 24.3 Å². The molecule has 10 heteroatoms. The molecule has 0 atom stereocenters. The van der Waals surface area contributed by atoms with Gasteiger partial charge in [0.05, 0.1) is 39.6 Å². The summed E-state index contributed by atoms with van der Waals surface area (Å²) in [6.07, 6.45) is 9.45. The molecule has 50 heavy (non-hydrogen) atoms. The Morgan fingerprint density at radius 1 is 0.680 bits per heavy atom. The van der Waals surface area contributed by atoms with Crippen molar-refractivity contribution in [1.29, 1.82) is 15.8 Å². The Morgan fingerprint density at radius 3 is 1.58 bits per heavy atom. The van der Waals surface area contributed by atoms with Gasteiger partial charge in [0.15, 0.2) is 5.57 Å². The first-order chi connectivity index (χ1) is 24.5. The van der Waals surface area contributed by atoms with Gasteiger partial charge in [-0.1, -0.05) is 58.2 Å². The monoisotopic (exact) mass is 663 g/mol. The van der Waals surface area contributed by atoms with Gasteiger partial charge in [-0.05, 0) is 91.6 Å². The van der Waals surface area contributed by atoms with Crippen LogP contribution in [0.25, 0.3) is 6.08 Å². The molecule has 0 aliphatic carbocycles. The molecule has 4 rings (SSSR count). The van der Waals surface area contributed by atoms with Crippen molar-refractivity contribution in [2.75, 3.05) is 24.5 Å². The summed E-state index contributed by atoms with van der Waals surface area (Å²) in [5.74, 6) is -0.400. The first kappa shape index (κ1) is 36.7. The summed E-state index contributed by atoms with van der Waals surface area (Å²) < 4.78 is 0. The van der Waals surface area contributed by atoms with E-state index in [-0.39, 0.29) is 22.4 Å². The molecule has 0 spiro atoms. The number of anilines is 1. The molecule has 0 fully saturated rings. The summed E-state index contributed by atoms with van der Waals surface area (Å²) in [5.41, 5.74) is 4.80. The van der Waals surface area contributed by atoms with E-state index >= 15 is 0 Å². The van der Waals surface area contributed by atoms with Gasteiger partial charge < -0.3 is 9.80 Å². The number of allylic oxidation sites excluding steroid dienone is 2. The average molecular weight is 664 g/mol. The predicted octanol–water partition coefficient (Wildman–Crippen LogP) is 10.7. The molecule has 10 nitrogen and oxygen atoms in total. The average Bonchev–Trinajstić information content (AvgIpc) is 3.42. The second-order valence-electron chi connectivity index (χ2n) is 11.7. The van der Waals surface area contributed by atoms with Gasteiger partial charge in [-0.15, -0.1) is 0 Å². The van der Waals surface area contributed by atoms with Crippen LogP contribution >= 0.6 is 0 Å². The van der Waals surface area contributed by atoms with Gasteiger partial charge in [0.1, 0.15) is 18.2 Å². The molecule has 3 aromatic rings. The first-order valence-corrected chi connectivity index (χ1v) is 17.0. The molecular weight excluding hydrogens is 623 g/mol. The number of nitrogens with zero attached hydrogens (tertiary/aromatic N) is 9. The number of rotatable bonds is 16. The zero-order chi connectivity index (χ0) is 35.7. The van der Waals surface area contributed by atoms with Crippen molar-refractivity contribution in [3.05, 3.63) is 107 Å². The Labute approximate surface area is 294 Å². The Hall–Kier alpha value is -6.18. The zero-order valence-electron chi connectivity index (χ0n) is 28.9. The lowest BCUT2D eigenvalue weighted by Crippen LogP contribution is -2.27. The van der Waals surface area contributed by atoms with Crippen LogP contribution in [0.5, 0.6) is 0 Å². The third-order valence-electron chi connectivity index (χ3n) is 8.08. The van der Waals surface area contributed by atoms with Crippen molar-refractivity contribution < 1.29 is 4.79 Å². The summed E-state index contributed by atoms with van der Waals surface area (Å²) in [4.78, 5) is 17.0. The molecule has 3 aromatic carbocycles. The van der Waals surface area contributed by atoms with Gasteiger partial charge in [-0.25, -0.2) is 0 Å². The molecule has 1 aliphatic heterocycles. The molecule has 0 unspecified atom stereocenters. The highest BCUT2D eigenvalue weighted by atomic mass is 16.2. The number of azo groups is 2. The summed E-state index contributed by atoms with van der Waals surface area (Å²) in [5, 5.41) is 46.2. The van der Waals surface area contributed by atoms with Crippen LogP contribution in [0.2, 0.25) is 0 Å². The molecular formula is C40H41N9O. The lowest BCUT2D eigenvalue weighted by atomic mass is 10.1. The number of carbonyl (C=O) groups is 1. The number of carbonyl (C=O) groups excluding carboxylic acids is 1. The van der Waals surface area contributed by atoms with E-state index in [4.69, 9.17) is 0 Å². The van der Waals surface area contributed by atoms with Crippen LogP contribution in [0.3, 0.4) is 0 Å². The predicted molar refractivity (Wildman–Crippen MR) is 196 cm³/mol. The maximum atomic E-state index is 13.2. The lowest BCUT2D eigenvalue weighted by molar-refractivity contribution is -0.124. The van der Waals surface area contributed by atoms with Crippen molar-refractivity contribution in [2.45, 2.75) is 59.3 Å². The fourth-order valence-electron chi connectivity index (χ4n) is 5.25. The number of nitriles is 3. The van der Waals surface area contributed by atoms with E-state index in [0.29, 0.717) is 30.0 Å². The first-order valence-electron chi connectivity index (χ1n) is 17.0. The third kappa shape index (κ3) is 9.69. The Balaban J connectivity index is 1.39. The number of amides is 1. The summed E-state index contributed by atoms with van der Waals surface area (Å²) in [6.45, 7) is 8.85. The highest BCUT2D eigenvalue weighted by molar-refractivity contribution is 6.05. The van der Waals surface area contributed by atoms with Gasteiger partial charge in [0.25, 0.3) is 5.91 Å². The van der Waals surface area contributed by atoms with Gasteiger partial charge in [-0.2, -0.15) is 36.2 Å². The van der Waals surface area contributed by atoms with Crippen LogP contribution < -0.4 is 4.90 Å². The van der Waals surface area contributed by atoms with Crippen LogP contribution in [-0.2, 0) is 4.79 Å². The molecule has 252 valence electrons. The van der Waals surface area contributed by atoms with Crippen molar-refractivity contribution in [3.8, 4) is 18.2 Å². The fourth-order valence-corrected chi connectivity index (χ4v) is 5.25. The normalized spacial score (nSPS) is 13.0. The van der Waals surface area contributed by atoms with Crippen LogP contribution in [0.1, 0.15) is 64.9 Å². The summed E-state index contributed by atoms with van der Waals surface area (Å²) >= 11 is 0. The van der Waals surface area contributed by atoms with Crippen molar-refractivity contribution >= 4 is 40.4 Å². The molecule has 0 bridgehead atoms. The molecule has 0 saturated carbocycles. The van der Waals surface area contributed by atoms with Crippen molar-refractivity contribution in [3.63, 3.8) is 0 Å². The molecule has 0 aromatic heterocycles. The Morgan fingerprint density at radius 2 is 1.14 bits per heavy atom. The largest absolute Gasteiger partial charge is 0.372 e. The van der Waals surface area contributed by atoms with E-state index in [1.807, 2.05) is 73.7 Å². The highest BCUT2D eigenvalue weighted by Crippen LogP contribution is 2.33. The highest BCUT2D eigenvalue weighted by Gasteiger charge is 2.36. The van der Waals surface area contributed by atoms with Gasteiger partial charge in [-0.3, -0.25) is 4.79 Å². The lowest BCUT2D eigenvalue weighted by Gasteiger charge is -2.24. The van der Waals surface area contributed by atoms with Crippen molar-refractivity contribution in [1.82, 2.24) is 4.90 Å². The fraction of sp³-hybridized carbons (Fsp3) is 0.300. The zero-order valence-corrected chi connectivity index (χ0v) is 28.9. The van der Waals surface area contributed by atoms with E-state index in [9.17, 15) is 20.6 Å². The number of hydrogen-bond acceptors (Lipinski definition) is 9. The minimum absolute atomic E-state index is 0.0272. The van der Waals surface area contributed by atoms with E-state index in [2.05, 4.69) is 51.3 Å². The smallest absolute Gasteiger partial charge is 0.259 e. The van der Waals surface area contributed by atoms with Gasteiger partial charge in [0.2, 0.25) is 0 Å². The van der Waals surface area contributed by atoms with Crippen molar-refractivity contribution in [2.24, 2.45) is 20.5 Å². The van der Waals surface area contributed by atoms with E-state index in [1.165, 1.54) is 36.3 Å². The maximum absolute atomic E-state index is 13.2. The minimum atomic E-state index is -0.400. The number of benzene rings is 3. The SMILES string of the molecule is CCCCN1C(=O)C(/C=C/c2ccc(N=Nc3ccc(N=Nc4ccc(N(CCCC)CCCC)cc4)cc3)cc2)=C(C#N)C1=C(C#N)C#N. The number of unbranched alkanes of at least 4 members (excludes halogenated alkanes) is 3. The maximum Gasteiger partial charge on any atom is 0.259 e. The molecule has 0 saturated heterocycles. The number of hydrogen-bond donors (Lipinski definition) is 0. The molecule has 1 amide bonds. The standard InChI is InChI=1S/C40H41N9O/c1-4-7-24-48(25-8-5-2)36-21-19-35(20-22-36)47-46-34-17-15-33(16-18-34)45-44-32-13-10-30(11-14-32)12-23-37-38(29-43)39(31(27-41)28-42)49(40(37)50)26-9-6-3/h10-23H,4-9,24-26H2,1-3H3/b23-12+,45-44?,47-46?. The summed E-state index contributed by atoms with van der Waals surface area (Å²) in [6, 6.07) is 28.5. The van der Waals surface area contributed by atoms with Crippen LogP contribution in [0.15, 0.2) is 122 Å². The van der Waals surface area contributed by atoms with Crippen LogP contribution in [0, 0.1) is 34.0 Å². The quantitative estimate of drug-likeness (QED) is 0.111. The van der Waals surface area contributed by atoms with Crippen LogP contribution in [0.4, 0.5) is 28.4 Å². The minimum Gasteiger partial charge on any atom is -0.372 e. The molecule has 1 aliphatic rings. The van der Waals surface area contributed by atoms with Gasteiger partial charge in [0, 0.05) is 25.3 Å². The third-order valence-corrected chi connectivity index (χ3v) is 8.08. The topological polar surface area (TPSA) is 144 Å². The second kappa shape index (κ2) is 19.0. The second-order valence-corrected chi connectivity index (χ2v) is 11.7. The Bertz CT molecular complexity index is 1870. The molecule has 0 N–H and O–H groups in total. The molecule has 1 heterocycles. The van der Waals surface area contributed by atoms with E-state index < -0.39 is 5.91 Å². The molecule has 0 radical (unpaired) electrons.